The van der Waals surface area contributed by atoms with Crippen molar-refractivity contribution in [1.29, 1.82) is 0 Å². The van der Waals surface area contributed by atoms with E-state index in [0.29, 0.717) is 49.2 Å². The van der Waals surface area contributed by atoms with E-state index in [1.54, 1.807) is 0 Å². The molecule has 5 nitrogen and oxygen atoms in total. The monoisotopic (exact) mass is 386 g/mol. The molecule has 9 heteroatoms. The third kappa shape index (κ3) is 4.33. The van der Waals surface area contributed by atoms with Crippen LogP contribution in [-0.2, 0) is 6.18 Å². The maximum Gasteiger partial charge on any atom is 0.445 e. The third-order valence-corrected chi connectivity index (χ3v) is 5.54. The van der Waals surface area contributed by atoms with Crippen LogP contribution in [0.15, 0.2) is 18.2 Å². The molecule has 0 unspecified atom stereocenters. The fourth-order valence-electron chi connectivity index (χ4n) is 3.12. The van der Waals surface area contributed by atoms with Gasteiger partial charge in [-0.3, -0.25) is 4.90 Å². The summed E-state index contributed by atoms with van der Waals surface area (Å²) in [6, 6.07) is 5.98. The van der Waals surface area contributed by atoms with Crippen molar-refractivity contribution in [3.8, 4) is 0 Å². The summed E-state index contributed by atoms with van der Waals surface area (Å²) < 4.78 is 37.9. The van der Waals surface area contributed by atoms with Gasteiger partial charge in [0.25, 0.3) is 0 Å². The summed E-state index contributed by atoms with van der Waals surface area (Å²) >= 11 is 0.572. The van der Waals surface area contributed by atoms with Crippen LogP contribution >= 0.6 is 11.3 Å². The Balaban J connectivity index is 1.56. The number of nitrogens with zero attached hydrogens (tertiary/aromatic N) is 4. The van der Waals surface area contributed by atoms with Gasteiger partial charge in [-0.1, -0.05) is 35.1 Å². The van der Waals surface area contributed by atoms with Crippen molar-refractivity contribution in [3.63, 3.8) is 0 Å². The van der Waals surface area contributed by atoms with Gasteiger partial charge in [-0.15, -0.1) is 10.2 Å². The highest BCUT2D eigenvalue weighted by Crippen LogP contribution is 2.34. The number of β-amino-alcohol motifs (C(OH)–C–C–N with tert-alkyl or cyclic N) is 1. The first-order valence-corrected chi connectivity index (χ1v) is 9.19. The maximum absolute atomic E-state index is 12.6. The first-order chi connectivity index (χ1) is 12.2. The summed E-state index contributed by atoms with van der Waals surface area (Å²) in [5, 5.41) is 16.8. The number of alkyl halides is 3. The molecule has 142 valence electrons. The second kappa shape index (κ2) is 7.50. The molecule has 1 fully saturated rings. The summed E-state index contributed by atoms with van der Waals surface area (Å²) in [5.41, 5.74) is 3.13. The fraction of sp³-hybridized carbons (Fsp3) is 0.529. The van der Waals surface area contributed by atoms with Crippen LogP contribution in [0.25, 0.3) is 0 Å². The van der Waals surface area contributed by atoms with Crippen LogP contribution in [0, 0.1) is 13.8 Å². The lowest BCUT2D eigenvalue weighted by molar-refractivity contribution is -0.138. The Bertz CT molecular complexity index is 757. The lowest BCUT2D eigenvalue weighted by Crippen LogP contribution is -2.47. The topological polar surface area (TPSA) is 52.5 Å². The molecule has 1 atom stereocenters. The highest BCUT2D eigenvalue weighted by molar-refractivity contribution is 7.15. The van der Waals surface area contributed by atoms with E-state index in [2.05, 4.69) is 15.1 Å². The quantitative estimate of drug-likeness (QED) is 0.876. The molecule has 0 radical (unpaired) electrons. The zero-order valence-electron chi connectivity index (χ0n) is 14.6. The van der Waals surface area contributed by atoms with Crippen molar-refractivity contribution in [2.24, 2.45) is 0 Å². The molecule has 1 N–H and O–H groups in total. The average Bonchev–Trinajstić information content (AvgIpc) is 3.05. The fourth-order valence-corrected chi connectivity index (χ4v) is 3.89. The predicted molar refractivity (Wildman–Crippen MR) is 94.4 cm³/mol. The molecule has 0 amide bonds. The standard InChI is InChI=1S/C17H21F3N4OS/c1-11-3-4-13(12(2)9-11)14(25)10-23-5-7-24(8-6-23)16-22-21-15(26-16)17(18,19)20/h3-4,9,14,25H,5-8,10H2,1-2H3/t14-/m0/s1. The van der Waals surface area contributed by atoms with Gasteiger partial charge in [0.2, 0.25) is 10.1 Å². The Morgan fingerprint density at radius 2 is 1.85 bits per heavy atom. The van der Waals surface area contributed by atoms with Crippen molar-refractivity contribution in [3.05, 3.63) is 39.9 Å². The van der Waals surface area contributed by atoms with Crippen LogP contribution < -0.4 is 4.90 Å². The number of benzene rings is 1. The first kappa shape index (κ1) is 19.1. The molecular weight excluding hydrogens is 365 g/mol. The Hall–Kier alpha value is -1.71. The number of anilines is 1. The number of halogens is 3. The number of aromatic nitrogens is 2. The maximum atomic E-state index is 12.6. The van der Waals surface area contributed by atoms with Crippen LogP contribution in [0.5, 0.6) is 0 Å². The van der Waals surface area contributed by atoms with Crippen molar-refractivity contribution >= 4 is 16.5 Å². The molecule has 1 saturated heterocycles. The molecule has 1 aromatic heterocycles. The SMILES string of the molecule is Cc1ccc([C@@H](O)CN2CCN(c3nnc(C(F)(F)F)s3)CC2)c(C)c1. The second-order valence-electron chi connectivity index (χ2n) is 6.55. The van der Waals surface area contributed by atoms with Gasteiger partial charge in [0, 0.05) is 32.7 Å². The third-order valence-electron chi connectivity index (χ3n) is 4.52. The molecular formula is C17H21F3N4OS. The van der Waals surface area contributed by atoms with E-state index in [-0.39, 0.29) is 0 Å². The molecule has 0 bridgehead atoms. The van der Waals surface area contributed by atoms with E-state index >= 15 is 0 Å². The van der Waals surface area contributed by atoms with Gasteiger partial charge in [-0.05, 0) is 25.0 Å². The highest BCUT2D eigenvalue weighted by Gasteiger charge is 2.36. The minimum absolute atomic E-state index is 0.298. The number of rotatable bonds is 4. The molecule has 1 aliphatic heterocycles. The number of aryl methyl sites for hydroxylation is 2. The smallest absolute Gasteiger partial charge is 0.387 e. The second-order valence-corrected chi connectivity index (χ2v) is 7.51. The number of aliphatic hydroxyl groups is 1. The first-order valence-electron chi connectivity index (χ1n) is 8.37. The van der Waals surface area contributed by atoms with E-state index in [0.717, 1.165) is 16.7 Å². The highest BCUT2D eigenvalue weighted by atomic mass is 32.1. The zero-order valence-corrected chi connectivity index (χ0v) is 15.4. The van der Waals surface area contributed by atoms with Gasteiger partial charge in [0.1, 0.15) is 0 Å². The largest absolute Gasteiger partial charge is 0.445 e. The van der Waals surface area contributed by atoms with Crippen LogP contribution in [0.1, 0.15) is 27.8 Å². The van der Waals surface area contributed by atoms with Crippen LogP contribution in [0.2, 0.25) is 0 Å². The number of hydrogen-bond donors (Lipinski definition) is 1. The Labute approximate surface area is 154 Å². The summed E-state index contributed by atoms with van der Waals surface area (Å²) in [6.07, 6.45) is -5.03. The van der Waals surface area contributed by atoms with Gasteiger partial charge in [-0.25, -0.2) is 0 Å². The van der Waals surface area contributed by atoms with E-state index in [9.17, 15) is 18.3 Å². The summed E-state index contributed by atoms with van der Waals surface area (Å²) in [7, 11) is 0. The lowest BCUT2D eigenvalue weighted by Gasteiger charge is -2.35. The van der Waals surface area contributed by atoms with E-state index in [1.165, 1.54) is 0 Å². The molecule has 2 aromatic rings. The summed E-state index contributed by atoms with van der Waals surface area (Å²) in [4.78, 5) is 3.93. The van der Waals surface area contributed by atoms with Gasteiger partial charge in [0.15, 0.2) is 0 Å². The lowest BCUT2D eigenvalue weighted by atomic mass is 10.0. The van der Waals surface area contributed by atoms with Crippen LogP contribution in [-0.4, -0.2) is 52.9 Å². The Morgan fingerprint density at radius 1 is 1.15 bits per heavy atom. The van der Waals surface area contributed by atoms with Crippen molar-refractivity contribution in [2.75, 3.05) is 37.6 Å². The van der Waals surface area contributed by atoms with Crippen molar-refractivity contribution in [1.82, 2.24) is 15.1 Å². The number of piperazine rings is 1. The van der Waals surface area contributed by atoms with Crippen LogP contribution in [0.4, 0.5) is 18.3 Å². The molecule has 1 aliphatic rings. The van der Waals surface area contributed by atoms with Crippen LogP contribution in [0.3, 0.4) is 0 Å². The summed E-state index contributed by atoms with van der Waals surface area (Å²) in [5.74, 6) is 0. The van der Waals surface area contributed by atoms with E-state index in [1.807, 2.05) is 36.9 Å². The van der Waals surface area contributed by atoms with Gasteiger partial charge in [0.05, 0.1) is 6.10 Å². The molecule has 1 aromatic carbocycles. The predicted octanol–water partition coefficient (Wildman–Crippen LogP) is 3.03. The molecule has 0 aliphatic carbocycles. The molecule has 3 rings (SSSR count). The van der Waals surface area contributed by atoms with Gasteiger partial charge < -0.3 is 10.0 Å². The average molecular weight is 386 g/mol. The number of aliphatic hydroxyl groups excluding tert-OH is 1. The number of hydrogen-bond acceptors (Lipinski definition) is 6. The Morgan fingerprint density at radius 3 is 2.42 bits per heavy atom. The van der Waals surface area contributed by atoms with Crippen molar-refractivity contribution < 1.29 is 18.3 Å². The van der Waals surface area contributed by atoms with E-state index in [4.69, 9.17) is 0 Å². The van der Waals surface area contributed by atoms with Crippen molar-refractivity contribution in [2.45, 2.75) is 26.1 Å². The van der Waals surface area contributed by atoms with E-state index < -0.39 is 17.3 Å². The van der Waals surface area contributed by atoms with Gasteiger partial charge >= 0.3 is 6.18 Å². The normalized spacial score (nSPS) is 17.5. The zero-order chi connectivity index (χ0) is 18.9. The minimum Gasteiger partial charge on any atom is -0.387 e. The Kier molecular flexibility index (Phi) is 5.50. The molecule has 0 spiro atoms. The summed E-state index contributed by atoms with van der Waals surface area (Å²) in [6.45, 7) is 6.93. The molecule has 2 heterocycles. The molecule has 0 saturated carbocycles. The minimum atomic E-state index is -4.45. The van der Waals surface area contributed by atoms with Gasteiger partial charge in [-0.2, -0.15) is 13.2 Å². The molecule has 26 heavy (non-hydrogen) atoms.